The van der Waals surface area contributed by atoms with Gasteiger partial charge in [-0.2, -0.15) is 0 Å². The smallest absolute Gasteiger partial charge is 0.299 e. The lowest BCUT2D eigenvalue weighted by molar-refractivity contribution is -0.393. The van der Waals surface area contributed by atoms with Crippen LogP contribution < -0.4 is 5.32 Å². The molecule has 0 aromatic heterocycles. The number of carbonyl (C=O) groups excluding carboxylic acids is 2. The van der Waals surface area contributed by atoms with Crippen molar-refractivity contribution in [3.63, 3.8) is 0 Å². The molecule has 330 valence electrons. The third-order valence-corrected chi connectivity index (χ3v) is 8.01. The number of carbonyl (C=O) groups is 2. The van der Waals surface area contributed by atoms with Gasteiger partial charge in [0.2, 0.25) is 0 Å². The van der Waals surface area contributed by atoms with E-state index in [2.05, 4.69) is 5.32 Å². The monoisotopic (exact) mass is 840 g/mol. The third-order valence-electron chi connectivity index (χ3n) is 8.01. The number of hydrogen-bond donors (Lipinski definition) is 1. The number of nitro groups is 2. The summed E-state index contributed by atoms with van der Waals surface area (Å²) in [4.78, 5) is 46.5. The van der Waals surface area contributed by atoms with Crippen LogP contribution in [-0.2, 0) is 52.1 Å². The molecule has 1 N–H and O–H groups in total. The van der Waals surface area contributed by atoms with E-state index in [1.54, 1.807) is 24.3 Å². The maximum atomic E-state index is 12.3. The number of nitro benzene ring substituents is 2. The Bertz CT molecular complexity index is 1470. The number of amides is 2. The van der Waals surface area contributed by atoms with Gasteiger partial charge >= 0.3 is 0 Å². The largest absolute Gasteiger partial charge is 0.377 e. The predicted octanol–water partition coefficient (Wildman–Crippen LogP) is 2.39. The maximum absolute atomic E-state index is 12.3. The highest BCUT2D eigenvalue weighted by molar-refractivity contribution is 6.21. The Morgan fingerprint density at radius 1 is 0.458 bits per heavy atom. The molecule has 0 saturated heterocycles. The number of nitrogens with zero attached hydrogens (tertiary/aromatic N) is 3. The highest BCUT2D eigenvalue weighted by Crippen LogP contribution is 2.28. The Kier molecular flexibility index (Phi) is 26.3. The summed E-state index contributed by atoms with van der Waals surface area (Å²) >= 11 is 0. The Morgan fingerprint density at radius 2 is 0.797 bits per heavy atom. The molecule has 0 bridgehead atoms. The Balaban J connectivity index is 0.930. The molecule has 0 aliphatic carbocycles. The van der Waals surface area contributed by atoms with Gasteiger partial charge in [-0.15, -0.1) is 0 Å². The minimum Gasteiger partial charge on any atom is -0.377 e. The summed E-state index contributed by atoms with van der Waals surface area (Å²) in [6.07, 6.45) is 0. The Morgan fingerprint density at radius 3 is 1.14 bits per heavy atom. The van der Waals surface area contributed by atoms with Crippen LogP contribution in [0.25, 0.3) is 0 Å². The SMILES string of the molecule is O=C1c2ccccc2C(=O)N1CCOCCOCCOCCOCCOCCOCCOCCOCCOCCOCCOCCNc1ccc([N+](=O)[O-])cc1[N+](=O)[O-]. The maximum Gasteiger partial charge on any atom is 0.299 e. The molecule has 0 unspecified atom stereocenters. The minimum atomic E-state index is -0.685. The number of benzene rings is 2. The molecule has 0 radical (unpaired) electrons. The Labute approximate surface area is 342 Å². The molecular weight excluding hydrogens is 784 g/mol. The van der Waals surface area contributed by atoms with E-state index in [1.807, 2.05) is 0 Å². The van der Waals surface area contributed by atoms with E-state index < -0.39 is 9.85 Å². The summed E-state index contributed by atoms with van der Waals surface area (Å²) in [6.45, 7) is 9.35. The van der Waals surface area contributed by atoms with E-state index in [1.165, 1.54) is 17.0 Å². The van der Waals surface area contributed by atoms with Crippen molar-refractivity contribution in [3.8, 4) is 0 Å². The van der Waals surface area contributed by atoms with Gasteiger partial charge in [-0.3, -0.25) is 34.7 Å². The van der Waals surface area contributed by atoms with E-state index in [4.69, 9.17) is 52.1 Å². The van der Waals surface area contributed by atoms with Crippen molar-refractivity contribution < 1.29 is 71.5 Å². The van der Waals surface area contributed by atoms with Gasteiger partial charge in [0.25, 0.3) is 23.2 Å². The van der Waals surface area contributed by atoms with Crippen LogP contribution in [0.2, 0.25) is 0 Å². The molecule has 1 aliphatic rings. The average molecular weight is 841 g/mol. The second-order valence-electron chi connectivity index (χ2n) is 12.2. The van der Waals surface area contributed by atoms with Crippen LogP contribution in [-0.4, -0.2) is 185 Å². The van der Waals surface area contributed by atoms with Gasteiger partial charge in [-0.1, -0.05) is 12.1 Å². The normalized spacial score (nSPS) is 12.4. The second-order valence-corrected chi connectivity index (χ2v) is 12.2. The molecule has 0 spiro atoms. The van der Waals surface area contributed by atoms with Gasteiger partial charge in [0, 0.05) is 12.6 Å². The van der Waals surface area contributed by atoms with Crippen LogP contribution >= 0.6 is 0 Å². The first-order chi connectivity index (χ1) is 28.9. The van der Waals surface area contributed by atoms with Crippen molar-refractivity contribution in [3.05, 3.63) is 73.8 Å². The van der Waals surface area contributed by atoms with E-state index in [-0.39, 0.29) is 55.2 Å². The lowest BCUT2D eigenvalue weighted by Gasteiger charge is -2.13. The fourth-order valence-electron chi connectivity index (χ4n) is 5.09. The van der Waals surface area contributed by atoms with Crippen LogP contribution in [0, 0.1) is 20.2 Å². The molecule has 0 atom stereocenters. The quantitative estimate of drug-likeness (QED) is 0.0440. The van der Waals surface area contributed by atoms with Gasteiger partial charge in [-0.05, 0) is 18.2 Å². The highest BCUT2D eigenvalue weighted by Gasteiger charge is 2.34. The molecule has 0 saturated carbocycles. The molecule has 3 rings (SSSR count). The predicted molar refractivity (Wildman–Crippen MR) is 209 cm³/mol. The summed E-state index contributed by atoms with van der Waals surface area (Å²) in [5.74, 6) is -0.579. The number of fused-ring (bicyclic) bond motifs is 1. The van der Waals surface area contributed by atoms with E-state index >= 15 is 0 Å². The number of ether oxygens (including phenoxy) is 11. The molecule has 21 nitrogen and oxygen atoms in total. The number of anilines is 1. The van der Waals surface area contributed by atoms with Crippen molar-refractivity contribution in [2.75, 3.05) is 164 Å². The molecule has 2 aromatic rings. The standard InChI is InChI=1S/C38H56N4O17/c43-37-33-3-1-2-4-34(33)38(44)40(37)8-10-50-12-14-52-16-18-54-20-22-56-24-26-58-28-30-59-29-27-57-25-23-55-21-19-53-17-15-51-13-11-49-9-7-39-35-6-5-32(41(45)46)31-36(35)42(47)48/h1-6,31,39H,7-30H2. The zero-order valence-corrected chi connectivity index (χ0v) is 33.3. The lowest BCUT2D eigenvalue weighted by atomic mass is 10.1. The summed E-state index contributed by atoms with van der Waals surface area (Å²) in [6, 6.07) is 10.2. The fraction of sp³-hybridized carbons (Fsp3) is 0.632. The first-order valence-electron chi connectivity index (χ1n) is 19.4. The van der Waals surface area contributed by atoms with Gasteiger partial charge in [0.05, 0.1) is 179 Å². The number of non-ortho nitro benzene ring substituents is 1. The molecule has 0 fully saturated rings. The summed E-state index contributed by atoms with van der Waals surface area (Å²) in [5, 5.41) is 24.8. The van der Waals surface area contributed by atoms with Crippen LogP contribution in [0.4, 0.5) is 17.1 Å². The van der Waals surface area contributed by atoms with E-state index in [0.717, 1.165) is 6.07 Å². The van der Waals surface area contributed by atoms with E-state index in [0.29, 0.717) is 143 Å². The van der Waals surface area contributed by atoms with Gasteiger partial charge in [-0.25, -0.2) is 0 Å². The van der Waals surface area contributed by atoms with Crippen molar-refractivity contribution in [2.45, 2.75) is 0 Å². The van der Waals surface area contributed by atoms with Gasteiger partial charge in [0.15, 0.2) is 0 Å². The average Bonchev–Trinajstić information content (AvgIpc) is 3.48. The number of rotatable bonds is 39. The number of nitrogens with one attached hydrogen (secondary N) is 1. The molecule has 2 aromatic carbocycles. The Hall–Kier alpha value is -4.26. The molecule has 21 heteroatoms. The summed E-state index contributed by atoms with van der Waals surface area (Å²) < 4.78 is 60.1. The first kappa shape index (κ1) is 49.1. The van der Waals surface area contributed by atoms with Gasteiger partial charge < -0.3 is 57.4 Å². The molecule has 59 heavy (non-hydrogen) atoms. The second kappa shape index (κ2) is 31.6. The minimum absolute atomic E-state index is 0.179. The number of hydrogen-bond acceptors (Lipinski definition) is 18. The van der Waals surface area contributed by atoms with Crippen LogP contribution in [0.3, 0.4) is 0 Å². The van der Waals surface area contributed by atoms with Crippen molar-refractivity contribution >= 4 is 28.9 Å². The fourth-order valence-corrected chi connectivity index (χ4v) is 5.09. The van der Waals surface area contributed by atoms with Crippen molar-refractivity contribution in [1.29, 1.82) is 0 Å². The molecular formula is C38H56N4O17. The topological polar surface area (TPSA) is 237 Å². The molecule has 1 aliphatic heterocycles. The van der Waals surface area contributed by atoms with Crippen molar-refractivity contribution in [1.82, 2.24) is 4.90 Å². The van der Waals surface area contributed by atoms with Crippen LogP contribution in [0.15, 0.2) is 42.5 Å². The molecule has 1 heterocycles. The van der Waals surface area contributed by atoms with Crippen molar-refractivity contribution in [2.24, 2.45) is 0 Å². The highest BCUT2D eigenvalue weighted by atomic mass is 16.6. The lowest BCUT2D eigenvalue weighted by Crippen LogP contribution is -2.33. The summed E-state index contributed by atoms with van der Waals surface area (Å²) in [7, 11) is 0. The number of imide groups is 1. The van der Waals surface area contributed by atoms with Gasteiger partial charge in [0.1, 0.15) is 5.69 Å². The third kappa shape index (κ3) is 21.0. The first-order valence-corrected chi connectivity index (χ1v) is 19.4. The van der Waals surface area contributed by atoms with Crippen LogP contribution in [0.1, 0.15) is 20.7 Å². The molecule has 2 amide bonds. The van der Waals surface area contributed by atoms with E-state index in [9.17, 15) is 29.8 Å². The zero-order valence-electron chi connectivity index (χ0n) is 33.3. The summed E-state index contributed by atoms with van der Waals surface area (Å²) in [5.41, 5.74) is 0.315. The van der Waals surface area contributed by atoms with Crippen LogP contribution in [0.5, 0.6) is 0 Å². The zero-order chi connectivity index (χ0) is 42.2.